The molecule has 5 aliphatic rings. The van der Waals surface area contributed by atoms with Crippen molar-refractivity contribution in [3.05, 3.63) is 0 Å². The molecule has 1 saturated heterocycles. The highest BCUT2D eigenvalue weighted by molar-refractivity contribution is 8.14. The summed E-state index contributed by atoms with van der Waals surface area (Å²) >= 11 is 14.4. The molecule has 0 bridgehead atoms. The van der Waals surface area contributed by atoms with Gasteiger partial charge in [-0.2, -0.15) is 8.78 Å². The number of halogens is 5. The third-order valence-electron chi connectivity index (χ3n) is 9.92. The molecule has 39 heavy (non-hydrogen) atoms. The van der Waals surface area contributed by atoms with E-state index in [0.717, 1.165) is 57.2 Å². The van der Waals surface area contributed by atoms with Gasteiger partial charge in [-0.15, -0.1) is 23.2 Å². The number of carbonyl (C=O) groups excluding carboxylic acids is 1. The van der Waals surface area contributed by atoms with Crippen LogP contribution in [0.5, 0.6) is 0 Å². The zero-order chi connectivity index (χ0) is 27.7. The molecule has 1 heterocycles. The lowest BCUT2D eigenvalue weighted by atomic mass is 9.65. The average Bonchev–Trinajstić information content (AvgIpc) is 3.65. The van der Waals surface area contributed by atoms with Gasteiger partial charge in [0.1, 0.15) is 6.17 Å². The largest absolute Gasteiger partial charge is 0.353 e. The molecule has 222 valence electrons. The predicted octanol–water partition coefficient (Wildman–Crippen LogP) is 6.66. The van der Waals surface area contributed by atoms with Crippen LogP contribution >= 0.6 is 35.0 Å². The molecule has 5 nitrogen and oxygen atoms in total. The van der Waals surface area contributed by atoms with Crippen molar-refractivity contribution in [1.82, 2.24) is 10.2 Å². The maximum Gasteiger partial charge on any atom is 0.345 e. The van der Waals surface area contributed by atoms with E-state index in [0.29, 0.717) is 42.8 Å². The first-order chi connectivity index (χ1) is 18.7. The molecule has 10 atom stereocenters. The number of nitrogens with zero attached hydrogens (tertiary/aromatic N) is 1. The first-order valence-electron chi connectivity index (χ1n) is 14.8. The van der Waals surface area contributed by atoms with Crippen molar-refractivity contribution in [2.24, 2.45) is 35.5 Å². The van der Waals surface area contributed by atoms with Gasteiger partial charge < -0.3 is 15.0 Å². The van der Waals surface area contributed by atoms with Gasteiger partial charge in [-0.3, -0.25) is 10.2 Å². The molecule has 5 rings (SSSR count). The summed E-state index contributed by atoms with van der Waals surface area (Å²) in [5.41, 5.74) is 0. The van der Waals surface area contributed by atoms with E-state index < -0.39 is 18.9 Å². The molecule has 0 aromatic heterocycles. The van der Waals surface area contributed by atoms with Crippen LogP contribution in [0.2, 0.25) is 0 Å². The molecule has 9 unspecified atom stereocenters. The number of alkyl halides is 5. The van der Waals surface area contributed by atoms with Crippen LogP contribution in [0.25, 0.3) is 0 Å². The van der Waals surface area contributed by atoms with Crippen LogP contribution < -0.4 is 5.32 Å². The Morgan fingerprint density at radius 3 is 2.46 bits per heavy atom. The lowest BCUT2D eigenvalue weighted by molar-refractivity contribution is -0.196. The summed E-state index contributed by atoms with van der Waals surface area (Å²) in [7, 11) is 0. The maximum absolute atomic E-state index is 14.2. The topological polar surface area (TPSA) is 65.4 Å². The number of thioether (sulfide) groups is 1. The van der Waals surface area contributed by atoms with Crippen molar-refractivity contribution >= 4 is 46.0 Å². The molecule has 2 N–H and O–H groups in total. The van der Waals surface area contributed by atoms with E-state index in [2.05, 4.69) is 10.2 Å². The van der Waals surface area contributed by atoms with Crippen LogP contribution in [0.3, 0.4) is 0 Å². The SMILES string of the molecule is N=C1SCCN1CC1CC(C(=O)N[C@@H](C2CC2)C2CCC(Cl)C(Cl)C2)CC(C2CCC(F)CC2OC(F)F)C1. The second kappa shape index (κ2) is 13.3. The number of rotatable bonds is 9. The Morgan fingerprint density at radius 2 is 1.79 bits per heavy atom. The summed E-state index contributed by atoms with van der Waals surface area (Å²) in [6.07, 6.45) is 5.88. The van der Waals surface area contributed by atoms with E-state index in [1.807, 2.05) is 0 Å². The van der Waals surface area contributed by atoms with Gasteiger partial charge in [0.15, 0.2) is 5.17 Å². The third kappa shape index (κ3) is 7.72. The smallest absolute Gasteiger partial charge is 0.345 e. The van der Waals surface area contributed by atoms with E-state index in [-0.39, 0.29) is 52.8 Å². The Hall–Kier alpha value is -0.380. The van der Waals surface area contributed by atoms with Crippen molar-refractivity contribution in [3.8, 4) is 0 Å². The van der Waals surface area contributed by atoms with Crippen LogP contribution in [0.1, 0.15) is 70.6 Å². The monoisotopic (exact) mass is 611 g/mol. The Morgan fingerprint density at radius 1 is 1.03 bits per heavy atom. The summed E-state index contributed by atoms with van der Waals surface area (Å²) in [4.78, 5) is 16.0. The lowest BCUT2D eigenvalue weighted by Crippen LogP contribution is -2.49. The number of hydrogen-bond acceptors (Lipinski definition) is 4. The van der Waals surface area contributed by atoms with Crippen molar-refractivity contribution in [2.75, 3.05) is 18.8 Å². The molecule has 0 spiro atoms. The van der Waals surface area contributed by atoms with Crippen molar-refractivity contribution in [2.45, 2.75) is 106 Å². The van der Waals surface area contributed by atoms with E-state index in [1.54, 1.807) is 0 Å². The summed E-state index contributed by atoms with van der Waals surface area (Å²) < 4.78 is 45.8. The standard InChI is InChI=1S/C28H42Cl2F3N3O2S/c29-22-6-3-17(12-23(22)30)25(16-1-2-16)35-26(37)19-10-15(14-36-7-8-39-28(36)34)9-18(11-19)21-5-4-20(31)13-24(21)38-27(32)33/h15-25,27,34H,1-14H2,(H,35,37)/t15?,17?,18?,19?,20?,21?,22?,23?,24?,25-/m0/s1. The van der Waals surface area contributed by atoms with E-state index in [9.17, 15) is 18.0 Å². The quantitative estimate of drug-likeness (QED) is 0.286. The summed E-state index contributed by atoms with van der Waals surface area (Å²) in [6.45, 7) is -1.42. The highest BCUT2D eigenvalue weighted by Gasteiger charge is 2.46. The fraction of sp³-hybridized carbons (Fsp3) is 0.929. The fourth-order valence-electron chi connectivity index (χ4n) is 7.85. The predicted molar refractivity (Wildman–Crippen MR) is 150 cm³/mol. The van der Waals surface area contributed by atoms with E-state index in [1.165, 1.54) is 11.8 Å². The van der Waals surface area contributed by atoms with Crippen molar-refractivity contribution < 1.29 is 22.7 Å². The molecule has 4 saturated carbocycles. The van der Waals surface area contributed by atoms with Gasteiger partial charge in [0.05, 0.1) is 11.5 Å². The van der Waals surface area contributed by atoms with Gasteiger partial charge in [0.2, 0.25) is 5.91 Å². The molecular weight excluding hydrogens is 570 g/mol. The number of hydrogen-bond donors (Lipinski definition) is 2. The second-order valence-corrected chi connectivity index (χ2v) is 14.8. The molecule has 5 fully saturated rings. The highest BCUT2D eigenvalue weighted by atomic mass is 35.5. The van der Waals surface area contributed by atoms with Gasteiger partial charge in [0.25, 0.3) is 0 Å². The second-order valence-electron chi connectivity index (χ2n) is 12.6. The molecule has 11 heteroatoms. The normalized spacial score (nSPS) is 40.6. The molecular formula is C28H42Cl2F3N3O2S. The average molecular weight is 613 g/mol. The number of amidine groups is 1. The molecule has 0 aromatic carbocycles. The zero-order valence-corrected chi connectivity index (χ0v) is 24.7. The molecule has 0 radical (unpaired) electrons. The first kappa shape index (κ1) is 30.1. The van der Waals surface area contributed by atoms with Crippen LogP contribution in [-0.2, 0) is 9.53 Å². The van der Waals surface area contributed by atoms with Crippen LogP contribution in [0, 0.1) is 40.9 Å². The number of ether oxygens (including phenoxy) is 1. The molecule has 1 aliphatic heterocycles. The Kier molecular flexibility index (Phi) is 10.3. The molecule has 1 amide bonds. The van der Waals surface area contributed by atoms with Gasteiger partial charge in [-0.25, -0.2) is 4.39 Å². The maximum atomic E-state index is 14.2. The van der Waals surface area contributed by atoms with E-state index in [4.69, 9.17) is 33.3 Å². The lowest BCUT2D eigenvalue weighted by Gasteiger charge is -2.44. The van der Waals surface area contributed by atoms with Gasteiger partial charge in [-0.05, 0) is 93.8 Å². The number of carbonyl (C=O) groups is 1. The molecule has 4 aliphatic carbocycles. The minimum atomic E-state index is -2.93. The highest BCUT2D eigenvalue weighted by Crippen LogP contribution is 2.46. The minimum absolute atomic E-state index is 0.00691. The van der Waals surface area contributed by atoms with Gasteiger partial charge in [-0.1, -0.05) is 11.8 Å². The summed E-state index contributed by atoms with van der Waals surface area (Å²) in [5, 5.41) is 12.2. The van der Waals surface area contributed by atoms with Gasteiger partial charge in [0, 0.05) is 42.6 Å². The van der Waals surface area contributed by atoms with Crippen LogP contribution in [0.15, 0.2) is 0 Å². The van der Waals surface area contributed by atoms with Crippen LogP contribution in [-0.4, -0.2) is 70.5 Å². The van der Waals surface area contributed by atoms with E-state index >= 15 is 0 Å². The fourth-order valence-corrected chi connectivity index (χ4v) is 9.29. The number of amides is 1. The molecule has 0 aromatic rings. The third-order valence-corrected chi connectivity index (χ3v) is 12.0. The van der Waals surface area contributed by atoms with Gasteiger partial charge >= 0.3 is 6.61 Å². The number of nitrogens with one attached hydrogen (secondary N) is 2. The Balaban J connectivity index is 1.30. The van der Waals surface area contributed by atoms with Crippen molar-refractivity contribution in [1.29, 1.82) is 5.41 Å². The van der Waals surface area contributed by atoms with Crippen molar-refractivity contribution in [3.63, 3.8) is 0 Å². The zero-order valence-electron chi connectivity index (χ0n) is 22.4. The minimum Gasteiger partial charge on any atom is -0.353 e. The Labute approximate surface area is 244 Å². The summed E-state index contributed by atoms with van der Waals surface area (Å²) in [5.74, 6) is 1.51. The first-order valence-corrected chi connectivity index (χ1v) is 16.7. The van der Waals surface area contributed by atoms with Crippen LogP contribution in [0.4, 0.5) is 13.2 Å². The Bertz CT molecular complexity index is 870. The summed E-state index contributed by atoms with van der Waals surface area (Å²) in [6, 6.07) is 0.0989.